The Bertz CT molecular complexity index is 1020. The molecule has 0 saturated carbocycles. The molecule has 0 N–H and O–H groups in total. The second kappa shape index (κ2) is 7.56. The summed E-state index contributed by atoms with van der Waals surface area (Å²) in [5, 5.41) is 11.0. The van der Waals surface area contributed by atoms with E-state index < -0.39 is 4.92 Å². The largest absolute Gasteiger partial charge is 0.383 e. The fourth-order valence-electron chi connectivity index (χ4n) is 2.23. The molecule has 7 nitrogen and oxygen atoms in total. The number of ether oxygens (including phenoxy) is 1. The molecule has 3 rings (SSSR count). The zero-order valence-electron chi connectivity index (χ0n) is 13.0. The first kappa shape index (κ1) is 17.9. The van der Waals surface area contributed by atoms with Gasteiger partial charge in [0.2, 0.25) is 0 Å². The molecule has 0 unspecified atom stereocenters. The second-order valence-corrected chi connectivity index (χ2v) is 8.43. The van der Waals surface area contributed by atoms with Crippen LogP contribution in [0.3, 0.4) is 0 Å². The Balaban J connectivity index is 2.12. The van der Waals surface area contributed by atoms with E-state index in [1.54, 1.807) is 25.3 Å². The number of halogens is 1. The van der Waals surface area contributed by atoms with Crippen LogP contribution in [0.25, 0.3) is 10.2 Å². The van der Waals surface area contributed by atoms with Crippen LogP contribution in [0.5, 0.6) is 0 Å². The maximum absolute atomic E-state index is 12.4. The number of hydrogen-bond acceptors (Lipinski definition) is 6. The number of nitro benzene ring substituents is 1. The summed E-state index contributed by atoms with van der Waals surface area (Å²) in [6, 6.07) is 8.11. The van der Waals surface area contributed by atoms with Gasteiger partial charge < -0.3 is 9.30 Å². The number of thiophene rings is 1. The molecule has 1 amide bonds. The van der Waals surface area contributed by atoms with Crippen molar-refractivity contribution in [3.8, 4) is 0 Å². The van der Waals surface area contributed by atoms with Crippen LogP contribution in [0.2, 0.25) is 0 Å². The molecule has 2 heterocycles. The first-order chi connectivity index (χ1) is 12.0. The standard InChI is InChI=1S/C15H12BrN3O4S2/c1-23-7-6-18-10-3-2-9(19(21)22)8-12(10)25-15(18)17-14(20)11-4-5-13(16)24-11/h2-5,8H,6-7H2,1H3. The van der Waals surface area contributed by atoms with Crippen LogP contribution in [-0.2, 0) is 11.3 Å². The third kappa shape index (κ3) is 3.87. The number of amides is 1. The average molecular weight is 442 g/mol. The van der Waals surface area contributed by atoms with E-state index in [0.717, 1.165) is 9.30 Å². The fraction of sp³-hybridized carbons (Fsp3) is 0.200. The quantitative estimate of drug-likeness (QED) is 0.444. The van der Waals surface area contributed by atoms with E-state index in [1.165, 1.54) is 34.8 Å². The van der Waals surface area contributed by atoms with Crippen LogP contribution in [0.1, 0.15) is 9.67 Å². The summed E-state index contributed by atoms with van der Waals surface area (Å²) in [6.07, 6.45) is 0. The zero-order valence-corrected chi connectivity index (χ0v) is 16.2. The van der Waals surface area contributed by atoms with E-state index in [2.05, 4.69) is 20.9 Å². The lowest BCUT2D eigenvalue weighted by molar-refractivity contribution is -0.384. The van der Waals surface area contributed by atoms with Crippen LogP contribution in [0.4, 0.5) is 5.69 Å². The van der Waals surface area contributed by atoms with E-state index in [4.69, 9.17) is 4.74 Å². The van der Waals surface area contributed by atoms with E-state index in [-0.39, 0.29) is 11.6 Å². The van der Waals surface area contributed by atoms with E-state index in [0.29, 0.717) is 27.5 Å². The van der Waals surface area contributed by atoms with Crippen molar-refractivity contribution in [2.45, 2.75) is 6.54 Å². The SMILES string of the molecule is COCCn1c(=NC(=O)c2ccc(Br)s2)sc2cc([N+](=O)[O-])ccc21. The monoisotopic (exact) mass is 441 g/mol. The van der Waals surface area contributed by atoms with Crippen molar-refractivity contribution < 1.29 is 14.5 Å². The molecular formula is C15H12BrN3O4S2. The molecule has 0 spiro atoms. The normalized spacial score (nSPS) is 12.0. The minimum absolute atomic E-state index is 0.00713. The Morgan fingerprint density at radius 2 is 2.16 bits per heavy atom. The highest BCUT2D eigenvalue weighted by Crippen LogP contribution is 2.24. The predicted molar refractivity (Wildman–Crippen MR) is 100 cm³/mol. The number of carbonyl (C=O) groups is 1. The summed E-state index contributed by atoms with van der Waals surface area (Å²) in [5.74, 6) is -0.345. The highest BCUT2D eigenvalue weighted by Gasteiger charge is 2.14. The summed E-state index contributed by atoms with van der Waals surface area (Å²) >= 11 is 5.88. The Labute approximate surface area is 158 Å². The van der Waals surface area contributed by atoms with Crippen LogP contribution in [0, 0.1) is 10.1 Å². The number of methoxy groups -OCH3 is 1. The topological polar surface area (TPSA) is 86.7 Å². The van der Waals surface area contributed by atoms with Gasteiger partial charge in [-0.25, -0.2) is 0 Å². The van der Waals surface area contributed by atoms with Crippen molar-refractivity contribution >= 4 is 60.4 Å². The number of carbonyl (C=O) groups excluding carboxylic acids is 1. The molecule has 130 valence electrons. The van der Waals surface area contributed by atoms with E-state index in [9.17, 15) is 14.9 Å². The number of nitro groups is 1. The number of aromatic nitrogens is 1. The summed E-state index contributed by atoms with van der Waals surface area (Å²) in [6.45, 7) is 0.934. The van der Waals surface area contributed by atoms with Crippen molar-refractivity contribution in [2.75, 3.05) is 13.7 Å². The third-order valence-corrected chi connectivity index (χ3v) is 6.03. The molecule has 0 radical (unpaired) electrons. The number of fused-ring (bicyclic) bond motifs is 1. The van der Waals surface area contributed by atoms with Gasteiger partial charge in [0.15, 0.2) is 4.80 Å². The molecule has 25 heavy (non-hydrogen) atoms. The zero-order chi connectivity index (χ0) is 18.0. The van der Waals surface area contributed by atoms with Crippen LogP contribution in [-0.4, -0.2) is 29.1 Å². The third-order valence-electron chi connectivity index (χ3n) is 3.38. The number of thiazole rings is 1. The Kier molecular flexibility index (Phi) is 5.42. The summed E-state index contributed by atoms with van der Waals surface area (Å²) in [7, 11) is 1.59. The van der Waals surface area contributed by atoms with Gasteiger partial charge in [-0.15, -0.1) is 11.3 Å². The van der Waals surface area contributed by atoms with E-state index in [1.807, 2.05) is 4.57 Å². The molecule has 0 aliphatic heterocycles. The molecule has 0 fully saturated rings. The summed E-state index contributed by atoms with van der Waals surface area (Å²) in [4.78, 5) is 28.1. The maximum atomic E-state index is 12.4. The molecule has 3 aromatic rings. The van der Waals surface area contributed by atoms with Gasteiger partial charge in [-0.2, -0.15) is 4.99 Å². The second-order valence-electron chi connectivity index (χ2n) is 4.96. The van der Waals surface area contributed by atoms with Crippen LogP contribution in [0.15, 0.2) is 39.1 Å². The Morgan fingerprint density at radius 3 is 2.80 bits per heavy atom. The average Bonchev–Trinajstić information content (AvgIpc) is 3.15. The molecule has 0 aliphatic rings. The smallest absolute Gasteiger partial charge is 0.289 e. The van der Waals surface area contributed by atoms with Crippen LogP contribution >= 0.6 is 38.6 Å². The lowest BCUT2D eigenvalue weighted by Gasteiger charge is -2.03. The highest BCUT2D eigenvalue weighted by atomic mass is 79.9. The predicted octanol–water partition coefficient (Wildman–Crippen LogP) is 3.82. The minimum Gasteiger partial charge on any atom is -0.383 e. The van der Waals surface area contributed by atoms with Crippen molar-refractivity contribution in [1.82, 2.24) is 4.57 Å². The highest BCUT2D eigenvalue weighted by molar-refractivity contribution is 9.11. The van der Waals surface area contributed by atoms with E-state index >= 15 is 0 Å². The molecule has 0 saturated heterocycles. The van der Waals surface area contributed by atoms with Crippen molar-refractivity contribution in [2.24, 2.45) is 4.99 Å². The van der Waals surface area contributed by atoms with Crippen molar-refractivity contribution in [1.29, 1.82) is 0 Å². The van der Waals surface area contributed by atoms with Gasteiger partial charge in [0, 0.05) is 25.8 Å². The van der Waals surface area contributed by atoms with Gasteiger partial charge in [0.1, 0.15) is 0 Å². The molecule has 10 heteroatoms. The molecule has 1 aromatic carbocycles. The molecule has 0 aliphatic carbocycles. The minimum atomic E-state index is -0.441. The van der Waals surface area contributed by atoms with Gasteiger partial charge >= 0.3 is 0 Å². The maximum Gasteiger partial charge on any atom is 0.289 e. The number of nitrogens with zero attached hydrogens (tertiary/aromatic N) is 3. The summed E-state index contributed by atoms with van der Waals surface area (Å²) < 4.78 is 8.51. The van der Waals surface area contributed by atoms with Gasteiger partial charge in [-0.05, 0) is 34.1 Å². The number of benzene rings is 1. The van der Waals surface area contributed by atoms with Gasteiger partial charge in [0.25, 0.3) is 11.6 Å². The molecule has 0 atom stereocenters. The fourth-order valence-corrected chi connectivity index (χ4v) is 4.59. The summed E-state index contributed by atoms with van der Waals surface area (Å²) in [5.41, 5.74) is 0.791. The number of non-ortho nitro benzene ring substituents is 1. The number of hydrogen-bond donors (Lipinski definition) is 0. The Morgan fingerprint density at radius 1 is 1.36 bits per heavy atom. The van der Waals surface area contributed by atoms with Crippen molar-refractivity contribution in [3.63, 3.8) is 0 Å². The first-order valence-corrected chi connectivity index (χ1v) is 9.53. The number of rotatable bonds is 5. The van der Waals surface area contributed by atoms with Gasteiger partial charge in [0.05, 0.1) is 30.4 Å². The molecule has 2 aromatic heterocycles. The van der Waals surface area contributed by atoms with Gasteiger partial charge in [-0.1, -0.05) is 11.3 Å². The van der Waals surface area contributed by atoms with Gasteiger partial charge in [-0.3, -0.25) is 14.9 Å². The molecular weight excluding hydrogens is 430 g/mol. The molecule has 0 bridgehead atoms. The van der Waals surface area contributed by atoms with Crippen LogP contribution < -0.4 is 4.80 Å². The Hall–Kier alpha value is -1.88. The lowest BCUT2D eigenvalue weighted by Crippen LogP contribution is -2.19. The van der Waals surface area contributed by atoms with Crippen molar-refractivity contribution in [3.05, 3.63) is 53.9 Å². The lowest BCUT2D eigenvalue weighted by atomic mass is 10.3. The first-order valence-electron chi connectivity index (χ1n) is 7.10.